The zero-order valence-electron chi connectivity index (χ0n) is 10.1. The van der Waals surface area contributed by atoms with Crippen LogP contribution in [0.3, 0.4) is 0 Å². The van der Waals surface area contributed by atoms with Gasteiger partial charge in [-0.25, -0.2) is 0 Å². The van der Waals surface area contributed by atoms with Gasteiger partial charge in [-0.1, -0.05) is 42.6 Å². The molecule has 90 valence electrons. The van der Waals surface area contributed by atoms with Crippen LogP contribution in [-0.2, 0) is 6.42 Å². The lowest BCUT2D eigenvalue weighted by molar-refractivity contribution is 0.477. The summed E-state index contributed by atoms with van der Waals surface area (Å²) in [5.41, 5.74) is 1.84. The van der Waals surface area contributed by atoms with Crippen LogP contribution in [0.25, 0.3) is 0 Å². The minimum absolute atomic E-state index is 0.531. The number of para-hydroxylation sites is 1. The topological polar surface area (TPSA) is 9.23 Å². The van der Waals surface area contributed by atoms with Gasteiger partial charge in [0, 0.05) is 11.6 Å². The highest BCUT2D eigenvalue weighted by Crippen LogP contribution is 2.28. The van der Waals surface area contributed by atoms with E-state index in [9.17, 15) is 0 Å². The van der Waals surface area contributed by atoms with Crippen LogP contribution in [0, 0.1) is 12.3 Å². The summed E-state index contributed by atoms with van der Waals surface area (Å²) in [5.74, 6) is 4.07. The molecule has 1 nitrogen and oxygen atoms in total. The highest BCUT2D eigenvalue weighted by atomic mass is 35.5. The Hall–Kier alpha value is -1.91. The summed E-state index contributed by atoms with van der Waals surface area (Å²) in [6, 6.07) is 13.3. The second kappa shape index (κ2) is 5.62. The quantitative estimate of drug-likeness (QED) is 0.725. The summed E-state index contributed by atoms with van der Waals surface area (Å²) >= 11 is 6.05. The molecule has 2 heteroatoms. The molecule has 2 aromatic carbocycles. The summed E-state index contributed by atoms with van der Waals surface area (Å²) in [6.45, 7) is 2.09. The van der Waals surface area contributed by atoms with Crippen LogP contribution in [0.5, 0.6) is 11.5 Å². The van der Waals surface area contributed by atoms with E-state index < -0.39 is 0 Å². The van der Waals surface area contributed by atoms with Crippen LogP contribution < -0.4 is 4.74 Å². The van der Waals surface area contributed by atoms with E-state index in [2.05, 4.69) is 12.8 Å². The maximum Gasteiger partial charge on any atom is 0.130 e. The van der Waals surface area contributed by atoms with Crippen molar-refractivity contribution in [3.8, 4) is 23.8 Å². The summed E-state index contributed by atoms with van der Waals surface area (Å²) in [5, 5.41) is 0.531. The lowest BCUT2D eigenvalue weighted by Gasteiger charge is -2.10. The smallest absolute Gasteiger partial charge is 0.130 e. The second-order valence-electron chi connectivity index (χ2n) is 3.85. The van der Waals surface area contributed by atoms with Gasteiger partial charge in [0.05, 0.1) is 5.02 Å². The van der Waals surface area contributed by atoms with Crippen molar-refractivity contribution >= 4 is 11.6 Å². The van der Waals surface area contributed by atoms with Gasteiger partial charge in [-0.3, -0.25) is 0 Å². The number of ether oxygens (including phenoxy) is 1. The summed E-state index contributed by atoms with van der Waals surface area (Å²) in [4.78, 5) is 0. The number of hydrogen-bond donors (Lipinski definition) is 0. The van der Waals surface area contributed by atoms with Gasteiger partial charge in [0.2, 0.25) is 0 Å². The Morgan fingerprint density at radius 1 is 1.22 bits per heavy atom. The van der Waals surface area contributed by atoms with Crippen LogP contribution in [-0.4, -0.2) is 0 Å². The third-order valence-corrected chi connectivity index (χ3v) is 2.99. The molecule has 0 N–H and O–H groups in total. The summed E-state index contributed by atoms with van der Waals surface area (Å²) in [7, 11) is 0. The summed E-state index contributed by atoms with van der Waals surface area (Å²) in [6.07, 6.45) is 6.25. The van der Waals surface area contributed by atoms with Gasteiger partial charge in [-0.05, 0) is 30.2 Å². The molecular weight excluding hydrogens is 244 g/mol. The Balaban J connectivity index is 2.29. The van der Waals surface area contributed by atoms with Gasteiger partial charge in [-0.2, -0.15) is 0 Å². The maximum absolute atomic E-state index is 6.05. The van der Waals surface area contributed by atoms with E-state index in [1.807, 2.05) is 30.3 Å². The molecule has 0 spiro atoms. The molecule has 0 saturated heterocycles. The molecule has 0 atom stereocenters. The lowest BCUT2D eigenvalue weighted by Crippen LogP contribution is -1.90. The third kappa shape index (κ3) is 2.67. The molecule has 0 unspecified atom stereocenters. The standard InChI is InChI=1S/C16H13ClO/c1-3-12-9-10-14(11-15(12)17)18-16-8-6-5-7-13(16)4-2/h1,5-11H,4H2,2H3. The Morgan fingerprint density at radius 2 is 2.00 bits per heavy atom. The minimum atomic E-state index is 0.531. The van der Waals surface area contributed by atoms with Crippen molar-refractivity contribution < 1.29 is 4.74 Å². The molecule has 0 radical (unpaired) electrons. The van der Waals surface area contributed by atoms with Crippen LogP contribution in [0.2, 0.25) is 5.02 Å². The number of benzene rings is 2. The highest BCUT2D eigenvalue weighted by Gasteiger charge is 2.04. The Morgan fingerprint density at radius 3 is 2.67 bits per heavy atom. The van der Waals surface area contributed by atoms with Gasteiger partial charge in [-0.15, -0.1) is 6.42 Å². The fourth-order valence-electron chi connectivity index (χ4n) is 1.70. The fourth-order valence-corrected chi connectivity index (χ4v) is 1.92. The SMILES string of the molecule is C#Cc1ccc(Oc2ccccc2CC)cc1Cl. The zero-order valence-corrected chi connectivity index (χ0v) is 10.9. The first-order chi connectivity index (χ1) is 8.74. The van der Waals surface area contributed by atoms with E-state index in [0.29, 0.717) is 16.3 Å². The molecule has 0 saturated carbocycles. The van der Waals surface area contributed by atoms with Crippen LogP contribution in [0.15, 0.2) is 42.5 Å². The van der Waals surface area contributed by atoms with Crippen LogP contribution in [0.1, 0.15) is 18.1 Å². The van der Waals surface area contributed by atoms with Crippen molar-refractivity contribution in [2.75, 3.05) is 0 Å². The lowest BCUT2D eigenvalue weighted by atomic mass is 10.1. The van der Waals surface area contributed by atoms with Gasteiger partial charge in [0.15, 0.2) is 0 Å². The number of terminal acetylenes is 1. The van der Waals surface area contributed by atoms with Crippen LogP contribution >= 0.6 is 11.6 Å². The number of halogens is 1. The van der Waals surface area contributed by atoms with E-state index in [-0.39, 0.29) is 0 Å². The van der Waals surface area contributed by atoms with Gasteiger partial charge >= 0.3 is 0 Å². The first-order valence-electron chi connectivity index (χ1n) is 5.76. The van der Waals surface area contributed by atoms with E-state index in [1.54, 1.807) is 12.1 Å². The normalized spacial score (nSPS) is 9.83. The molecule has 2 rings (SSSR count). The predicted octanol–water partition coefficient (Wildman–Crippen LogP) is 4.68. The summed E-state index contributed by atoms with van der Waals surface area (Å²) < 4.78 is 5.83. The number of aryl methyl sites for hydroxylation is 1. The molecule has 0 aliphatic heterocycles. The first-order valence-corrected chi connectivity index (χ1v) is 6.14. The van der Waals surface area contributed by atoms with Crippen molar-refractivity contribution in [2.24, 2.45) is 0 Å². The predicted molar refractivity (Wildman–Crippen MR) is 75.3 cm³/mol. The molecule has 0 amide bonds. The van der Waals surface area contributed by atoms with Crippen molar-refractivity contribution in [1.82, 2.24) is 0 Å². The zero-order chi connectivity index (χ0) is 13.0. The molecule has 0 heterocycles. The molecule has 0 bridgehead atoms. The van der Waals surface area contributed by atoms with Crippen molar-refractivity contribution in [3.05, 3.63) is 58.6 Å². The largest absolute Gasteiger partial charge is 0.457 e. The number of hydrogen-bond acceptors (Lipinski definition) is 1. The Bertz CT molecular complexity index is 596. The highest BCUT2D eigenvalue weighted by molar-refractivity contribution is 6.31. The van der Waals surface area contributed by atoms with Crippen LogP contribution in [0.4, 0.5) is 0 Å². The monoisotopic (exact) mass is 256 g/mol. The Kier molecular flexibility index (Phi) is 3.92. The fraction of sp³-hybridized carbons (Fsp3) is 0.125. The van der Waals surface area contributed by atoms with Gasteiger partial charge in [0.1, 0.15) is 11.5 Å². The maximum atomic E-state index is 6.05. The van der Waals surface area contributed by atoms with E-state index in [0.717, 1.165) is 17.7 Å². The molecule has 0 aliphatic rings. The average Bonchev–Trinajstić information content (AvgIpc) is 2.39. The van der Waals surface area contributed by atoms with E-state index in [4.69, 9.17) is 22.8 Å². The first kappa shape index (κ1) is 12.5. The van der Waals surface area contributed by atoms with E-state index in [1.165, 1.54) is 0 Å². The van der Waals surface area contributed by atoms with Crippen molar-refractivity contribution in [1.29, 1.82) is 0 Å². The molecular formula is C16H13ClO. The molecule has 0 fully saturated rings. The molecule has 0 aromatic heterocycles. The third-order valence-electron chi connectivity index (χ3n) is 2.68. The number of rotatable bonds is 3. The molecule has 0 aliphatic carbocycles. The van der Waals surface area contributed by atoms with Crippen molar-refractivity contribution in [2.45, 2.75) is 13.3 Å². The van der Waals surface area contributed by atoms with Crippen molar-refractivity contribution in [3.63, 3.8) is 0 Å². The molecule has 2 aromatic rings. The van der Waals surface area contributed by atoms with Gasteiger partial charge < -0.3 is 4.74 Å². The Labute approximate surface area is 112 Å². The minimum Gasteiger partial charge on any atom is -0.457 e. The van der Waals surface area contributed by atoms with Gasteiger partial charge in [0.25, 0.3) is 0 Å². The average molecular weight is 257 g/mol. The van der Waals surface area contributed by atoms with E-state index >= 15 is 0 Å². The molecule has 18 heavy (non-hydrogen) atoms. The second-order valence-corrected chi connectivity index (χ2v) is 4.26.